The van der Waals surface area contributed by atoms with Gasteiger partial charge in [-0.15, -0.1) is 11.8 Å². The van der Waals surface area contributed by atoms with E-state index in [4.69, 9.17) is 4.52 Å². The van der Waals surface area contributed by atoms with Gasteiger partial charge in [0, 0.05) is 48.4 Å². The van der Waals surface area contributed by atoms with Crippen molar-refractivity contribution in [3.8, 4) is 0 Å². The van der Waals surface area contributed by atoms with E-state index < -0.39 is 0 Å². The number of thioether (sulfide) groups is 1. The van der Waals surface area contributed by atoms with Gasteiger partial charge in [0.15, 0.2) is 0 Å². The van der Waals surface area contributed by atoms with Gasteiger partial charge < -0.3 is 14.7 Å². The van der Waals surface area contributed by atoms with E-state index in [1.807, 2.05) is 56.9 Å². The molecule has 2 amide bonds. The van der Waals surface area contributed by atoms with Crippen LogP contribution in [0.1, 0.15) is 41.2 Å². The van der Waals surface area contributed by atoms with Gasteiger partial charge in [0.2, 0.25) is 5.91 Å². The molecule has 1 fully saturated rings. The van der Waals surface area contributed by atoms with Gasteiger partial charge in [-0.2, -0.15) is 0 Å². The second-order valence-electron chi connectivity index (χ2n) is 7.88. The highest BCUT2D eigenvalue weighted by molar-refractivity contribution is 7.98. The maximum Gasteiger partial charge on any atom is 0.255 e. The third-order valence-electron chi connectivity index (χ3n) is 5.15. The summed E-state index contributed by atoms with van der Waals surface area (Å²) < 4.78 is 5.24. The number of aryl methyl sites for hydroxylation is 2. The summed E-state index contributed by atoms with van der Waals surface area (Å²) in [4.78, 5) is 30.1. The lowest BCUT2D eigenvalue weighted by Gasteiger charge is -2.34. The van der Waals surface area contributed by atoms with Crippen molar-refractivity contribution in [1.29, 1.82) is 0 Å². The first-order valence-corrected chi connectivity index (χ1v) is 11.3. The molecule has 1 aliphatic rings. The number of piperazine rings is 1. The highest BCUT2D eigenvalue weighted by Gasteiger charge is 2.25. The summed E-state index contributed by atoms with van der Waals surface area (Å²) >= 11 is 1.63. The molecule has 1 aliphatic heterocycles. The van der Waals surface area contributed by atoms with Crippen molar-refractivity contribution in [3.63, 3.8) is 0 Å². The second kappa shape index (κ2) is 10.1. The minimum Gasteiger partial charge on any atom is -0.361 e. The number of carbonyl (C=O) groups excluding carboxylic acids is 2. The Labute approximate surface area is 182 Å². The second-order valence-corrected chi connectivity index (χ2v) is 8.90. The van der Waals surface area contributed by atoms with E-state index >= 15 is 0 Å². The number of rotatable bonds is 7. The van der Waals surface area contributed by atoms with Gasteiger partial charge in [-0.25, -0.2) is 0 Å². The number of nitrogens with one attached hydrogen (secondary N) is 1. The molecular weight excluding hydrogens is 400 g/mol. The molecule has 8 heteroatoms. The maximum absolute atomic E-state index is 13.2. The summed E-state index contributed by atoms with van der Waals surface area (Å²) in [5.74, 6) is 1.61. The summed E-state index contributed by atoms with van der Waals surface area (Å²) in [6.45, 7) is 10.8. The van der Waals surface area contributed by atoms with E-state index in [0.717, 1.165) is 27.5 Å². The first-order valence-electron chi connectivity index (χ1n) is 10.3. The quantitative estimate of drug-likeness (QED) is 0.681. The van der Waals surface area contributed by atoms with E-state index in [2.05, 4.69) is 15.4 Å². The SMILES string of the molecule is Cc1noc(C)c1CSc1ccccc1C(=O)N1CCN(CC(=O)NC(C)C)CC1. The molecule has 0 spiro atoms. The van der Waals surface area contributed by atoms with Crippen molar-refractivity contribution >= 4 is 23.6 Å². The standard InChI is InChI=1S/C22H30N4O3S/c1-15(2)23-21(27)13-25-9-11-26(12-10-25)22(28)18-7-5-6-8-20(18)30-14-19-16(3)24-29-17(19)4/h5-8,15H,9-14H2,1-4H3,(H,23,27). The minimum absolute atomic E-state index is 0.0332. The Morgan fingerprint density at radius 1 is 1.17 bits per heavy atom. The van der Waals surface area contributed by atoms with Gasteiger partial charge in [-0.3, -0.25) is 14.5 Å². The molecule has 0 radical (unpaired) electrons. The fraction of sp³-hybridized carbons (Fsp3) is 0.500. The fourth-order valence-corrected chi connectivity index (χ4v) is 4.67. The van der Waals surface area contributed by atoms with Crippen LogP contribution in [-0.2, 0) is 10.5 Å². The Hall–Kier alpha value is -2.32. The molecule has 7 nitrogen and oxygen atoms in total. The predicted octanol–water partition coefficient (Wildman–Crippen LogP) is 2.87. The smallest absolute Gasteiger partial charge is 0.255 e. The molecule has 0 unspecified atom stereocenters. The molecule has 2 aromatic rings. The van der Waals surface area contributed by atoms with Crippen LogP contribution in [0.2, 0.25) is 0 Å². The summed E-state index contributed by atoms with van der Waals surface area (Å²) in [7, 11) is 0. The molecule has 0 atom stereocenters. The molecule has 1 saturated heterocycles. The molecule has 1 aromatic heterocycles. The number of hydrogen-bond donors (Lipinski definition) is 1. The average Bonchev–Trinajstić information content (AvgIpc) is 3.03. The number of carbonyl (C=O) groups is 2. The van der Waals surface area contributed by atoms with Crippen LogP contribution < -0.4 is 5.32 Å². The number of benzene rings is 1. The molecule has 162 valence electrons. The monoisotopic (exact) mass is 430 g/mol. The Morgan fingerprint density at radius 2 is 1.87 bits per heavy atom. The fourth-order valence-electron chi connectivity index (χ4n) is 3.48. The maximum atomic E-state index is 13.2. The van der Waals surface area contributed by atoms with Gasteiger partial charge in [-0.1, -0.05) is 17.3 Å². The van der Waals surface area contributed by atoms with E-state index in [1.54, 1.807) is 11.8 Å². The molecule has 0 bridgehead atoms. The van der Waals surface area contributed by atoms with Gasteiger partial charge >= 0.3 is 0 Å². The topological polar surface area (TPSA) is 78.7 Å². The molecule has 1 aromatic carbocycles. The van der Waals surface area contributed by atoms with Crippen molar-refractivity contribution in [1.82, 2.24) is 20.3 Å². The van der Waals surface area contributed by atoms with Gasteiger partial charge in [-0.05, 0) is 39.8 Å². The van der Waals surface area contributed by atoms with Crippen LogP contribution in [0.3, 0.4) is 0 Å². The Morgan fingerprint density at radius 3 is 2.50 bits per heavy atom. The van der Waals surface area contributed by atoms with Gasteiger partial charge in [0.25, 0.3) is 5.91 Å². The number of hydrogen-bond acceptors (Lipinski definition) is 6. The number of aromatic nitrogens is 1. The molecule has 3 rings (SSSR count). The van der Waals surface area contributed by atoms with Crippen LogP contribution >= 0.6 is 11.8 Å². The van der Waals surface area contributed by atoms with Crippen LogP contribution in [0.4, 0.5) is 0 Å². The van der Waals surface area contributed by atoms with Crippen LogP contribution in [0.15, 0.2) is 33.7 Å². The first kappa shape index (κ1) is 22.4. The van der Waals surface area contributed by atoms with E-state index in [0.29, 0.717) is 38.5 Å². The zero-order chi connectivity index (χ0) is 21.7. The number of nitrogens with zero attached hydrogens (tertiary/aromatic N) is 3. The van der Waals surface area contributed by atoms with E-state index in [-0.39, 0.29) is 17.9 Å². The number of amides is 2. The predicted molar refractivity (Wildman–Crippen MR) is 118 cm³/mol. The molecule has 0 saturated carbocycles. The van der Waals surface area contributed by atoms with Crippen LogP contribution in [-0.4, -0.2) is 65.5 Å². The van der Waals surface area contributed by atoms with Crippen LogP contribution in [0, 0.1) is 13.8 Å². The molecule has 2 heterocycles. The average molecular weight is 431 g/mol. The highest BCUT2D eigenvalue weighted by Crippen LogP contribution is 2.29. The summed E-state index contributed by atoms with van der Waals surface area (Å²) in [5, 5.41) is 6.92. The Bertz CT molecular complexity index is 869. The van der Waals surface area contributed by atoms with Crippen molar-refractivity contribution in [2.24, 2.45) is 0 Å². The lowest BCUT2D eigenvalue weighted by molar-refractivity contribution is -0.123. The lowest BCUT2D eigenvalue weighted by atomic mass is 10.2. The van der Waals surface area contributed by atoms with Crippen molar-refractivity contribution in [3.05, 3.63) is 46.8 Å². The minimum atomic E-state index is 0.0332. The molecular formula is C22H30N4O3S. The van der Waals surface area contributed by atoms with E-state index in [9.17, 15) is 9.59 Å². The lowest BCUT2D eigenvalue weighted by Crippen LogP contribution is -2.51. The molecule has 30 heavy (non-hydrogen) atoms. The van der Waals surface area contributed by atoms with Gasteiger partial charge in [0.05, 0.1) is 17.8 Å². The van der Waals surface area contributed by atoms with Crippen molar-refractivity contribution < 1.29 is 14.1 Å². The van der Waals surface area contributed by atoms with Crippen molar-refractivity contribution in [2.75, 3.05) is 32.7 Å². The normalized spacial score (nSPS) is 14.9. The molecule has 0 aliphatic carbocycles. The summed E-state index contributed by atoms with van der Waals surface area (Å²) in [6, 6.07) is 7.88. The molecule has 1 N–H and O–H groups in total. The van der Waals surface area contributed by atoms with Gasteiger partial charge in [0.1, 0.15) is 5.76 Å². The largest absolute Gasteiger partial charge is 0.361 e. The zero-order valence-electron chi connectivity index (χ0n) is 18.1. The Balaban J connectivity index is 1.59. The third-order valence-corrected chi connectivity index (χ3v) is 6.25. The Kier molecular flexibility index (Phi) is 7.55. The summed E-state index contributed by atoms with van der Waals surface area (Å²) in [5.41, 5.74) is 2.69. The van der Waals surface area contributed by atoms with Crippen molar-refractivity contribution in [2.45, 2.75) is 44.4 Å². The van der Waals surface area contributed by atoms with Crippen LogP contribution in [0.25, 0.3) is 0 Å². The summed E-state index contributed by atoms with van der Waals surface area (Å²) in [6.07, 6.45) is 0. The third kappa shape index (κ3) is 5.64. The van der Waals surface area contributed by atoms with E-state index in [1.165, 1.54) is 0 Å². The first-order chi connectivity index (χ1) is 14.3. The van der Waals surface area contributed by atoms with Crippen LogP contribution in [0.5, 0.6) is 0 Å². The zero-order valence-corrected chi connectivity index (χ0v) is 18.9. The highest BCUT2D eigenvalue weighted by atomic mass is 32.2.